The van der Waals surface area contributed by atoms with E-state index in [-0.39, 0.29) is 17.9 Å². The predicted molar refractivity (Wildman–Crippen MR) is 97.4 cm³/mol. The number of rotatable bonds is 3. The van der Waals surface area contributed by atoms with Crippen LogP contribution in [0.2, 0.25) is 0 Å². The summed E-state index contributed by atoms with van der Waals surface area (Å²) in [6.07, 6.45) is 0.294. The van der Waals surface area contributed by atoms with Gasteiger partial charge in [-0.15, -0.1) is 0 Å². The van der Waals surface area contributed by atoms with Crippen LogP contribution in [0.1, 0.15) is 46.7 Å². The number of amides is 2. The average Bonchev–Trinajstić information content (AvgIpc) is 2.78. The summed E-state index contributed by atoms with van der Waals surface area (Å²) in [6.45, 7) is 7.93. The van der Waals surface area contributed by atoms with E-state index in [0.717, 1.165) is 29.1 Å². The van der Waals surface area contributed by atoms with E-state index in [4.69, 9.17) is 0 Å². The number of nitrogens with zero attached hydrogens (tertiary/aromatic N) is 2. The number of carbonyl (C=O) groups excluding carboxylic acids is 2. The highest BCUT2D eigenvalue weighted by Gasteiger charge is 2.31. The minimum atomic E-state index is -0.235. The van der Waals surface area contributed by atoms with Gasteiger partial charge in [-0.05, 0) is 32.4 Å². The van der Waals surface area contributed by atoms with Crippen LogP contribution < -0.4 is 5.32 Å². The number of hydrogen-bond acceptors (Lipinski definition) is 2. The third-order valence-corrected chi connectivity index (χ3v) is 5.00. The van der Waals surface area contributed by atoms with Crippen molar-refractivity contribution < 1.29 is 9.59 Å². The van der Waals surface area contributed by atoms with E-state index in [1.807, 2.05) is 55.1 Å². The molecule has 2 heterocycles. The van der Waals surface area contributed by atoms with Gasteiger partial charge in [0.15, 0.2) is 0 Å². The molecule has 1 fully saturated rings. The maximum atomic E-state index is 13.3. The Morgan fingerprint density at radius 1 is 1.24 bits per heavy atom. The molecule has 1 aromatic carbocycles. The molecule has 2 aromatic rings. The van der Waals surface area contributed by atoms with Gasteiger partial charge in [0, 0.05) is 31.0 Å². The molecule has 1 unspecified atom stereocenters. The van der Waals surface area contributed by atoms with E-state index >= 15 is 0 Å². The van der Waals surface area contributed by atoms with Crippen LogP contribution in [-0.4, -0.2) is 34.4 Å². The van der Waals surface area contributed by atoms with Gasteiger partial charge in [0.1, 0.15) is 0 Å². The van der Waals surface area contributed by atoms with Crippen LogP contribution in [0.5, 0.6) is 0 Å². The van der Waals surface area contributed by atoms with E-state index in [0.29, 0.717) is 19.5 Å². The van der Waals surface area contributed by atoms with Crippen molar-refractivity contribution in [1.29, 1.82) is 0 Å². The predicted octanol–water partition coefficient (Wildman–Crippen LogP) is 2.83. The van der Waals surface area contributed by atoms with E-state index < -0.39 is 0 Å². The second-order valence-corrected chi connectivity index (χ2v) is 6.51. The number of benzene rings is 1. The lowest BCUT2D eigenvalue weighted by Crippen LogP contribution is -2.36. The molecule has 1 aliphatic rings. The molecule has 2 amide bonds. The number of hydrogen-bond donors (Lipinski definition) is 1. The summed E-state index contributed by atoms with van der Waals surface area (Å²) in [4.78, 5) is 27.3. The van der Waals surface area contributed by atoms with Gasteiger partial charge in [-0.2, -0.15) is 0 Å². The maximum Gasteiger partial charge on any atom is 0.256 e. The number of aromatic nitrogens is 1. The SMILES string of the molecule is CCn1c(C)cc(C(=O)N2CCNC(=O)CC2c2ccccc2)c1C. The first kappa shape index (κ1) is 17.3. The standard InChI is InChI=1S/C20H25N3O2/c1-4-22-14(2)12-17(15(22)3)20(25)23-11-10-21-19(24)13-18(23)16-8-6-5-7-9-16/h5-9,12,18H,4,10-11,13H2,1-3H3,(H,21,24). The van der Waals surface area contributed by atoms with Crippen molar-refractivity contribution in [2.24, 2.45) is 0 Å². The molecule has 1 atom stereocenters. The molecule has 5 heteroatoms. The fourth-order valence-corrected chi connectivity index (χ4v) is 3.70. The molecular weight excluding hydrogens is 314 g/mol. The van der Waals surface area contributed by atoms with Crippen LogP contribution in [0.25, 0.3) is 0 Å². The molecule has 0 spiro atoms. The second kappa shape index (κ2) is 7.13. The summed E-state index contributed by atoms with van der Waals surface area (Å²) in [7, 11) is 0. The summed E-state index contributed by atoms with van der Waals surface area (Å²) >= 11 is 0. The molecule has 132 valence electrons. The van der Waals surface area contributed by atoms with Gasteiger partial charge < -0.3 is 14.8 Å². The number of nitrogens with one attached hydrogen (secondary N) is 1. The Kier molecular flexibility index (Phi) is 4.93. The van der Waals surface area contributed by atoms with E-state index in [9.17, 15) is 9.59 Å². The zero-order valence-electron chi connectivity index (χ0n) is 15.1. The van der Waals surface area contributed by atoms with Crippen molar-refractivity contribution in [2.75, 3.05) is 13.1 Å². The Hall–Kier alpha value is -2.56. The molecule has 25 heavy (non-hydrogen) atoms. The summed E-state index contributed by atoms with van der Waals surface area (Å²) in [6, 6.07) is 11.5. The molecule has 0 aliphatic carbocycles. The largest absolute Gasteiger partial charge is 0.354 e. The van der Waals surface area contributed by atoms with Crippen molar-refractivity contribution in [3.8, 4) is 0 Å². The highest BCUT2D eigenvalue weighted by atomic mass is 16.2. The smallest absolute Gasteiger partial charge is 0.256 e. The van der Waals surface area contributed by atoms with Crippen molar-refractivity contribution >= 4 is 11.8 Å². The van der Waals surface area contributed by atoms with Gasteiger partial charge in [0.25, 0.3) is 5.91 Å². The van der Waals surface area contributed by atoms with Gasteiger partial charge in [0.2, 0.25) is 5.91 Å². The second-order valence-electron chi connectivity index (χ2n) is 6.51. The molecule has 0 saturated carbocycles. The Labute approximate surface area is 148 Å². The molecule has 1 N–H and O–H groups in total. The zero-order valence-corrected chi connectivity index (χ0v) is 15.1. The van der Waals surface area contributed by atoms with Gasteiger partial charge in [-0.25, -0.2) is 0 Å². The summed E-state index contributed by atoms with van der Waals surface area (Å²) in [5.74, 6) is -0.0127. The quantitative estimate of drug-likeness (QED) is 0.935. The first-order valence-electron chi connectivity index (χ1n) is 8.82. The summed E-state index contributed by atoms with van der Waals surface area (Å²) < 4.78 is 2.14. The van der Waals surface area contributed by atoms with Gasteiger partial charge in [0.05, 0.1) is 18.0 Å². The topological polar surface area (TPSA) is 54.3 Å². The van der Waals surface area contributed by atoms with Crippen molar-refractivity contribution in [1.82, 2.24) is 14.8 Å². The monoisotopic (exact) mass is 339 g/mol. The molecule has 0 bridgehead atoms. The molecule has 5 nitrogen and oxygen atoms in total. The van der Waals surface area contributed by atoms with Crippen LogP contribution in [0.15, 0.2) is 36.4 Å². The summed E-state index contributed by atoms with van der Waals surface area (Å²) in [5, 5.41) is 2.88. The molecular formula is C20H25N3O2. The molecule has 1 aromatic heterocycles. The number of aryl methyl sites for hydroxylation is 1. The Morgan fingerprint density at radius 2 is 1.96 bits per heavy atom. The number of carbonyl (C=O) groups is 2. The Morgan fingerprint density at radius 3 is 2.60 bits per heavy atom. The Bertz CT molecular complexity index is 780. The minimum Gasteiger partial charge on any atom is -0.354 e. The molecule has 0 radical (unpaired) electrons. The molecule has 1 saturated heterocycles. The van der Waals surface area contributed by atoms with E-state index in [1.54, 1.807) is 0 Å². The highest BCUT2D eigenvalue weighted by Crippen LogP contribution is 2.28. The fourth-order valence-electron chi connectivity index (χ4n) is 3.70. The van der Waals surface area contributed by atoms with Crippen LogP contribution in [0.3, 0.4) is 0 Å². The van der Waals surface area contributed by atoms with Crippen LogP contribution in [-0.2, 0) is 11.3 Å². The normalized spacial score (nSPS) is 18.0. The first-order valence-corrected chi connectivity index (χ1v) is 8.82. The average molecular weight is 339 g/mol. The first-order chi connectivity index (χ1) is 12.0. The van der Waals surface area contributed by atoms with E-state index in [2.05, 4.69) is 16.8 Å². The highest BCUT2D eigenvalue weighted by molar-refractivity contribution is 5.96. The lowest BCUT2D eigenvalue weighted by Gasteiger charge is -2.29. The summed E-state index contributed by atoms with van der Waals surface area (Å²) in [5.41, 5.74) is 3.80. The van der Waals surface area contributed by atoms with Gasteiger partial charge in [-0.1, -0.05) is 30.3 Å². The van der Waals surface area contributed by atoms with Crippen molar-refractivity contribution in [2.45, 2.75) is 39.8 Å². The van der Waals surface area contributed by atoms with Gasteiger partial charge >= 0.3 is 0 Å². The fraction of sp³-hybridized carbons (Fsp3) is 0.400. The minimum absolute atomic E-state index is 0.00171. The third-order valence-electron chi connectivity index (χ3n) is 5.00. The maximum absolute atomic E-state index is 13.3. The van der Waals surface area contributed by atoms with Crippen molar-refractivity contribution in [3.05, 3.63) is 58.9 Å². The van der Waals surface area contributed by atoms with Crippen LogP contribution >= 0.6 is 0 Å². The zero-order chi connectivity index (χ0) is 18.0. The molecule has 3 rings (SSSR count). The van der Waals surface area contributed by atoms with E-state index in [1.165, 1.54) is 0 Å². The molecule has 1 aliphatic heterocycles. The Balaban J connectivity index is 1.99. The van der Waals surface area contributed by atoms with Crippen LogP contribution in [0, 0.1) is 13.8 Å². The lowest BCUT2D eigenvalue weighted by atomic mass is 10.0. The van der Waals surface area contributed by atoms with Crippen LogP contribution in [0.4, 0.5) is 0 Å². The lowest BCUT2D eigenvalue weighted by molar-refractivity contribution is -0.121. The van der Waals surface area contributed by atoms with Gasteiger partial charge in [-0.3, -0.25) is 9.59 Å². The third kappa shape index (κ3) is 3.31. The van der Waals surface area contributed by atoms with Crippen molar-refractivity contribution in [3.63, 3.8) is 0 Å².